The van der Waals surface area contributed by atoms with E-state index in [0.717, 1.165) is 7.11 Å². The smallest absolute Gasteiger partial charge is 0.382 e. The average molecular weight is 260 g/mol. The molecule has 1 aromatic carbocycles. The molecule has 0 saturated heterocycles. The van der Waals surface area contributed by atoms with E-state index in [2.05, 4.69) is 4.74 Å². The number of methoxy groups -OCH3 is 1. The zero-order valence-corrected chi connectivity index (χ0v) is 9.13. The van der Waals surface area contributed by atoms with E-state index in [0.29, 0.717) is 6.07 Å². The van der Waals surface area contributed by atoms with Crippen LogP contribution in [0.3, 0.4) is 0 Å². The molecule has 0 atom stereocenters. The van der Waals surface area contributed by atoms with Crippen LogP contribution in [0.25, 0.3) is 0 Å². The SMILES string of the molecule is COC(=O)C(=O)C(=O)Cc1cc(F)c(F)cc1F. The molecule has 0 aliphatic carbocycles. The fourth-order valence-corrected chi connectivity index (χ4v) is 1.16. The summed E-state index contributed by atoms with van der Waals surface area (Å²) in [6.45, 7) is 0. The first-order chi connectivity index (χ1) is 8.36. The van der Waals surface area contributed by atoms with Crippen molar-refractivity contribution >= 4 is 17.5 Å². The molecule has 0 spiro atoms. The van der Waals surface area contributed by atoms with Crippen molar-refractivity contribution < 1.29 is 32.3 Å². The maximum atomic E-state index is 13.2. The van der Waals surface area contributed by atoms with Crippen LogP contribution in [0, 0.1) is 17.5 Å². The molecule has 0 saturated carbocycles. The van der Waals surface area contributed by atoms with Crippen molar-refractivity contribution in [1.29, 1.82) is 0 Å². The number of rotatable bonds is 4. The topological polar surface area (TPSA) is 60.4 Å². The van der Waals surface area contributed by atoms with Crippen molar-refractivity contribution in [3.05, 3.63) is 35.1 Å². The Bertz CT molecular complexity index is 525. The van der Waals surface area contributed by atoms with Crippen molar-refractivity contribution in [3.63, 3.8) is 0 Å². The van der Waals surface area contributed by atoms with Gasteiger partial charge in [0.15, 0.2) is 11.6 Å². The number of hydrogen-bond acceptors (Lipinski definition) is 4. The highest BCUT2D eigenvalue weighted by atomic mass is 19.2. The van der Waals surface area contributed by atoms with Gasteiger partial charge in [0.25, 0.3) is 0 Å². The van der Waals surface area contributed by atoms with Crippen LogP contribution >= 0.6 is 0 Å². The Morgan fingerprint density at radius 3 is 2.17 bits per heavy atom. The summed E-state index contributed by atoms with van der Waals surface area (Å²) in [5.41, 5.74) is -0.517. The van der Waals surface area contributed by atoms with Crippen LogP contribution in [0.4, 0.5) is 13.2 Å². The molecular weight excluding hydrogens is 253 g/mol. The molecule has 0 unspecified atom stereocenters. The van der Waals surface area contributed by atoms with Gasteiger partial charge in [-0.3, -0.25) is 9.59 Å². The minimum absolute atomic E-state index is 0.251. The Morgan fingerprint density at radius 2 is 1.61 bits per heavy atom. The van der Waals surface area contributed by atoms with Crippen LogP contribution in [0.1, 0.15) is 5.56 Å². The Hall–Kier alpha value is -2.18. The molecule has 0 bridgehead atoms. The largest absolute Gasteiger partial charge is 0.463 e. The van der Waals surface area contributed by atoms with Gasteiger partial charge >= 0.3 is 11.8 Å². The zero-order valence-electron chi connectivity index (χ0n) is 9.13. The minimum atomic E-state index is -1.48. The second-order valence-electron chi connectivity index (χ2n) is 3.28. The molecule has 0 fully saturated rings. The van der Waals surface area contributed by atoms with E-state index in [1.807, 2.05) is 0 Å². The number of hydrogen-bond donors (Lipinski definition) is 0. The van der Waals surface area contributed by atoms with Gasteiger partial charge in [-0.05, 0) is 11.6 Å². The molecular formula is C11H7F3O4. The fourth-order valence-electron chi connectivity index (χ4n) is 1.16. The highest BCUT2D eigenvalue weighted by Crippen LogP contribution is 2.14. The number of esters is 1. The first-order valence-corrected chi connectivity index (χ1v) is 4.65. The molecule has 7 heteroatoms. The number of carbonyl (C=O) groups excluding carboxylic acids is 3. The lowest BCUT2D eigenvalue weighted by Crippen LogP contribution is -2.26. The van der Waals surface area contributed by atoms with E-state index in [1.165, 1.54) is 0 Å². The van der Waals surface area contributed by atoms with Crippen LogP contribution < -0.4 is 0 Å². The summed E-state index contributed by atoms with van der Waals surface area (Å²) in [7, 11) is 0.895. The molecule has 0 aliphatic heterocycles. The first-order valence-electron chi connectivity index (χ1n) is 4.65. The van der Waals surface area contributed by atoms with E-state index in [9.17, 15) is 27.6 Å². The lowest BCUT2D eigenvalue weighted by atomic mass is 10.1. The standard InChI is InChI=1S/C11H7F3O4/c1-18-11(17)10(16)9(15)3-5-2-7(13)8(14)4-6(5)12/h2,4H,3H2,1H3. The fraction of sp³-hybridized carbons (Fsp3) is 0.182. The third-order valence-electron chi connectivity index (χ3n) is 2.06. The third kappa shape index (κ3) is 2.93. The molecule has 1 aromatic rings. The monoisotopic (exact) mass is 260 g/mol. The molecule has 0 N–H and O–H groups in total. The Labute approximate surface area is 99.4 Å². The van der Waals surface area contributed by atoms with E-state index >= 15 is 0 Å². The summed E-state index contributed by atoms with van der Waals surface area (Å²) in [5.74, 6) is -8.11. The predicted octanol–water partition coefficient (Wildman–Crippen LogP) is 0.958. The number of Topliss-reactive ketones (excluding diaryl/α,β-unsaturated/α-hetero) is 2. The van der Waals surface area contributed by atoms with Gasteiger partial charge in [0.1, 0.15) is 5.82 Å². The van der Waals surface area contributed by atoms with E-state index in [1.54, 1.807) is 0 Å². The second-order valence-corrected chi connectivity index (χ2v) is 3.28. The summed E-state index contributed by atoms with van der Waals surface area (Å²) in [4.78, 5) is 33.0. The molecule has 96 valence electrons. The molecule has 1 rings (SSSR count). The van der Waals surface area contributed by atoms with Crippen molar-refractivity contribution in [2.75, 3.05) is 7.11 Å². The van der Waals surface area contributed by atoms with Crippen molar-refractivity contribution in [1.82, 2.24) is 0 Å². The van der Waals surface area contributed by atoms with Crippen LogP contribution in [-0.4, -0.2) is 24.6 Å². The molecule has 0 aromatic heterocycles. The number of benzene rings is 1. The van der Waals surface area contributed by atoms with Crippen LogP contribution in [-0.2, 0) is 25.5 Å². The summed E-state index contributed by atoms with van der Waals surface area (Å²) in [5, 5.41) is 0. The van der Waals surface area contributed by atoms with Crippen LogP contribution in [0.2, 0.25) is 0 Å². The third-order valence-corrected chi connectivity index (χ3v) is 2.06. The van der Waals surface area contributed by atoms with Crippen molar-refractivity contribution in [2.24, 2.45) is 0 Å². The maximum Gasteiger partial charge on any atom is 0.382 e. The highest BCUT2D eigenvalue weighted by Gasteiger charge is 2.25. The lowest BCUT2D eigenvalue weighted by Gasteiger charge is -2.02. The predicted molar refractivity (Wildman–Crippen MR) is 52.1 cm³/mol. The van der Waals surface area contributed by atoms with Gasteiger partial charge in [-0.1, -0.05) is 0 Å². The second kappa shape index (κ2) is 5.44. The Balaban J connectivity index is 2.92. The number of halogens is 3. The van der Waals surface area contributed by atoms with Crippen molar-refractivity contribution in [2.45, 2.75) is 6.42 Å². The van der Waals surface area contributed by atoms with Gasteiger partial charge < -0.3 is 4.74 Å². The van der Waals surface area contributed by atoms with E-state index in [-0.39, 0.29) is 6.07 Å². The van der Waals surface area contributed by atoms with Gasteiger partial charge in [0, 0.05) is 12.5 Å². The Morgan fingerprint density at radius 1 is 1.06 bits per heavy atom. The van der Waals surface area contributed by atoms with Gasteiger partial charge in [-0.25, -0.2) is 18.0 Å². The normalized spacial score (nSPS) is 10.0. The summed E-state index contributed by atoms with van der Waals surface area (Å²) < 4.78 is 42.6. The van der Waals surface area contributed by atoms with Gasteiger partial charge in [-0.2, -0.15) is 0 Å². The lowest BCUT2D eigenvalue weighted by molar-refractivity contribution is -0.154. The van der Waals surface area contributed by atoms with Crippen molar-refractivity contribution in [3.8, 4) is 0 Å². The Kier molecular flexibility index (Phi) is 4.19. The van der Waals surface area contributed by atoms with Gasteiger partial charge in [-0.15, -0.1) is 0 Å². The number of carbonyl (C=O) groups is 3. The summed E-state index contributed by atoms with van der Waals surface area (Å²) in [6.07, 6.45) is -0.850. The van der Waals surface area contributed by atoms with Gasteiger partial charge in [0.05, 0.1) is 7.11 Å². The molecule has 0 aliphatic rings. The maximum absolute atomic E-state index is 13.2. The number of ether oxygens (including phenoxy) is 1. The summed E-state index contributed by atoms with van der Waals surface area (Å²) >= 11 is 0. The van der Waals surface area contributed by atoms with E-state index in [4.69, 9.17) is 0 Å². The number of ketones is 2. The molecule has 0 heterocycles. The van der Waals surface area contributed by atoms with E-state index < -0.39 is 47.0 Å². The van der Waals surface area contributed by atoms with Crippen LogP contribution in [0.5, 0.6) is 0 Å². The summed E-state index contributed by atoms with van der Waals surface area (Å²) in [6, 6.07) is 0.702. The molecule has 4 nitrogen and oxygen atoms in total. The molecule has 0 amide bonds. The first kappa shape index (κ1) is 13.9. The van der Waals surface area contributed by atoms with Gasteiger partial charge in [0.2, 0.25) is 5.78 Å². The average Bonchev–Trinajstić information content (AvgIpc) is 2.33. The molecule has 18 heavy (non-hydrogen) atoms. The minimum Gasteiger partial charge on any atom is -0.463 e. The van der Waals surface area contributed by atoms with Crippen LogP contribution in [0.15, 0.2) is 12.1 Å². The molecule has 0 radical (unpaired) electrons. The highest BCUT2D eigenvalue weighted by molar-refractivity contribution is 6.62. The quantitative estimate of drug-likeness (QED) is 0.350. The zero-order chi connectivity index (χ0) is 13.9.